The highest BCUT2D eigenvalue weighted by atomic mass is 31.2. The minimum atomic E-state index is -4.64. The summed E-state index contributed by atoms with van der Waals surface area (Å²) in [6.45, 7) is 2.15. The van der Waals surface area contributed by atoms with E-state index in [2.05, 4.69) is 25.0 Å². The molecule has 0 heterocycles. The second kappa shape index (κ2) is 16.5. The van der Waals surface area contributed by atoms with E-state index in [0.29, 0.717) is 12.2 Å². The van der Waals surface area contributed by atoms with Gasteiger partial charge in [0.25, 0.3) is 0 Å². The third kappa shape index (κ3) is 19.7. The largest absolute Gasteiger partial charge is 0.466 e. The Morgan fingerprint density at radius 1 is 1.08 bits per heavy atom. The van der Waals surface area contributed by atoms with Gasteiger partial charge in [0.05, 0.1) is 19.8 Å². The third-order valence-electron chi connectivity index (χ3n) is 2.90. The first-order valence-corrected chi connectivity index (χ1v) is 9.56. The van der Waals surface area contributed by atoms with Gasteiger partial charge in [-0.1, -0.05) is 26.2 Å². The van der Waals surface area contributed by atoms with E-state index in [1.54, 1.807) is 0 Å². The molecule has 0 aromatic heterocycles. The van der Waals surface area contributed by atoms with Gasteiger partial charge in [-0.2, -0.15) is 4.89 Å². The summed E-state index contributed by atoms with van der Waals surface area (Å²) in [5.74, 6) is 0.558. The molecule has 0 spiro atoms. The van der Waals surface area contributed by atoms with Gasteiger partial charge in [0.15, 0.2) is 0 Å². The van der Waals surface area contributed by atoms with E-state index < -0.39 is 7.82 Å². The second-order valence-corrected chi connectivity index (χ2v) is 6.07. The molecule has 0 atom stereocenters. The van der Waals surface area contributed by atoms with Crippen molar-refractivity contribution in [3.63, 3.8) is 0 Å². The van der Waals surface area contributed by atoms with Crippen LogP contribution in [0.4, 0.5) is 0 Å². The van der Waals surface area contributed by atoms with E-state index in [-0.39, 0.29) is 12.7 Å². The highest BCUT2D eigenvalue weighted by Crippen LogP contribution is 2.25. The van der Waals surface area contributed by atoms with E-state index in [4.69, 9.17) is 33.9 Å². The Morgan fingerprint density at radius 3 is 2.31 bits per heavy atom. The summed E-state index contributed by atoms with van der Waals surface area (Å²) in [6, 6.07) is 0. The van der Waals surface area contributed by atoms with Crippen LogP contribution in [-0.4, -0.2) is 34.5 Å². The van der Waals surface area contributed by atoms with Crippen LogP contribution in [-0.2, 0) is 44.3 Å². The molecule has 0 unspecified atom stereocenters. The monoisotopic (exact) mass is 406 g/mol. The van der Waals surface area contributed by atoms with Crippen LogP contribution in [0, 0.1) is 0 Å². The number of phosphoric acid groups is 1. The van der Waals surface area contributed by atoms with E-state index in [1.807, 2.05) is 13.0 Å². The molecule has 0 radical (unpaired) electrons. The summed E-state index contributed by atoms with van der Waals surface area (Å²) in [7, 11) is -3.29. The first-order chi connectivity index (χ1) is 12.4. The molecule has 3 N–H and O–H groups in total. The van der Waals surface area contributed by atoms with Crippen LogP contribution in [0.25, 0.3) is 0 Å². The molecule has 1 saturated carbocycles. The summed E-state index contributed by atoms with van der Waals surface area (Å²) in [6.07, 6.45) is 8.54. The van der Waals surface area contributed by atoms with Crippen molar-refractivity contribution in [2.45, 2.75) is 58.0 Å². The van der Waals surface area contributed by atoms with Crippen molar-refractivity contribution < 1.29 is 58.9 Å². The van der Waals surface area contributed by atoms with Crippen molar-refractivity contribution >= 4 is 7.82 Å². The first kappa shape index (κ1) is 25.4. The fourth-order valence-corrected chi connectivity index (χ4v) is 1.92. The van der Waals surface area contributed by atoms with Crippen molar-refractivity contribution in [2.24, 2.45) is 0 Å². The van der Waals surface area contributed by atoms with Crippen molar-refractivity contribution in [3.8, 4) is 0 Å². The minimum absolute atomic E-state index is 0.0565. The molecule has 1 aliphatic rings. The summed E-state index contributed by atoms with van der Waals surface area (Å²) < 4.78 is 8.88. The maximum atomic E-state index is 8.88. The van der Waals surface area contributed by atoms with Crippen LogP contribution in [0.3, 0.4) is 0 Å². The van der Waals surface area contributed by atoms with Gasteiger partial charge < -0.3 is 19.6 Å². The molecule has 12 nitrogen and oxygen atoms in total. The van der Waals surface area contributed by atoms with Gasteiger partial charge in [0, 0.05) is 6.42 Å². The normalized spacial score (nSPS) is 16.1. The SMILES string of the molecule is CCC=C(CCOOOOOC1CCCCC1)OOOC.O=P(O)(O)O. The van der Waals surface area contributed by atoms with Crippen LogP contribution in [0.1, 0.15) is 51.9 Å². The topological polar surface area (TPSA) is 152 Å². The lowest BCUT2D eigenvalue weighted by atomic mass is 9.98. The highest BCUT2D eigenvalue weighted by molar-refractivity contribution is 7.45. The van der Waals surface area contributed by atoms with Gasteiger partial charge in [0.2, 0.25) is 0 Å². The van der Waals surface area contributed by atoms with Crippen molar-refractivity contribution in [1.82, 2.24) is 0 Å². The Hall–Kier alpha value is -0.630. The van der Waals surface area contributed by atoms with Crippen LogP contribution in [0.5, 0.6) is 0 Å². The predicted molar refractivity (Wildman–Crippen MR) is 83.6 cm³/mol. The van der Waals surface area contributed by atoms with Crippen molar-refractivity contribution in [2.75, 3.05) is 13.7 Å². The molecule has 1 aliphatic carbocycles. The molecule has 0 aliphatic heterocycles. The highest BCUT2D eigenvalue weighted by Gasteiger charge is 2.15. The van der Waals surface area contributed by atoms with Crippen molar-refractivity contribution in [1.29, 1.82) is 0 Å². The molecule has 0 aromatic carbocycles. The van der Waals surface area contributed by atoms with Crippen LogP contribution in [0.15, 0.2) is 11.8 Å². The standard InChI is InChI=1S/C13H24O8.H3O4P/c1-3-7-12(16-18-14-2)10-11-15-19-21-20-17-13-8-5-4-6-9-13;1-5(2,3)4/h7,13H,3-6,8-11H2,1-2H3;(H3,1,2,3,4). The predicted octanol–water partition coefficient (Wildman–Crippen LogP) is 2.33. The molecule has 26 heavy (non-hydrogen) atoms. The van der Waals surface area contributed by atoms with Gasteiger partial charge >= 0.3 is 7.82 Å². The van der Waals surface area contributed by atoms with Gasteiger partial charge in [0.1, 0.15) is 5.76 Å². The lowest BCUT2D eigenvalue weighted by molar-refractivity contribution is -0.713. The summed E-state index contributed by atoms with van der Waals surface area (Å²) in [5, 5.41) is 17.5. The molecule has 13 heteroatoms. The molecule has 0 amide bonds. The molecule has 0 saturated heterocycles. The Bertz CT molecular complexity index is 384. The van der Waals surface area contributed by atoms with Crippen LogP contribution >= 0.6 is 7.82 Å². The smallest absolute Gasteiger partial charge is 0.313 e. The Morgan fingerprint density at radius 2 is 1.73 bits per heavy atom. The molecular formula is C13H27O12P. The Balaban J connectivity index is 0.00000110. The number of hydrogen-bond acceptors (Lipinski definition) is 9. The lowest BCUT2D eigenvalue weighted by Crippen LogP contribution is -2.17. The fourth-order valence-electron chi connectivity index (χ4n) is 1.92. The molecule has 156 valence electrons. The maximum Gasteiger partial charge on any atom is 0.466 e. The number of allylic oxidation sites excluding steroid dienone is 1. The summed E-state index contributed by atoms with van der Waals surface area (Å²) in [5.41, 5.74) is 0. The fraction of sp³-hybridized carbons (Fsp3) is 0.846. The molecule has 0 bridgehead atoms. The third-order valence-corrected chi connectivity index (χ3v) is 2.90. The van der Waals surface area contributed by atoms with Crippen LogP contribution < -0.4 is 0 Å². The van der Waals surface area contributed by atoms with E-state index in [0.717, 1.165) is 32.1 Å². The molecule has 0 aromatic rings. The molecule has 1 fully saturated rings. The van der Waals surface area contributed by atoms with E-state index in [9.17, 15) is 0 Å². The molecule has 1 rings (SSSR count). The van der Waals surface area contributed by atoms with Gasteiger partial charge in [-0.05, 0) is 45.5 Å². The minimum Gasteiger partial charge on any atom is -0.313 e. The van der Waals surface area contributed by atoms with Gasteiger partial charge in [-0.15, -0.1) is 0 Å². The summed E-state index contributed by atoms with van der Waals surface area (Å²) in [4.78, 5) is 40.5. The average molecular weight is 406 g/mol. The average Bonchev–Trinajstić information content (AvgIpc) is 2.58. The Labute approximate surface area is 151 Å². The van der Waals surface area contributed by atoms with Gasteiger partial charge in [-0.25, -0.2) is 14.3 Å². The zero-order valence-corrected chi connectivity index (χ0v) is 15.7. The lowest BCUT2D eigenvalue weighted by Gasteiger charge is -2.18. The number of hydrogen-bond donors (Lipinski definition) is 3. The number of rotatable bonds is 12. The molecular weight excluding hydrogens is 379 g/mol. The van der Waals surface area contributed by atoms with E-state index >= 15 is 0 Å². The first-order valence-electron chi connectivity index (χ1n) is 7.99. The zero-order valence-electron chi connectivity index (χ0n) is 14.8. The second-order valence-electron chi connectivity index (χ2n) is 5.04. The zero-order chi connectivity index (χ0) is 19.7. The Kier molecular flexibility index (Phi) is 16.1. The van der Waals surface area contributed by atoms with E-state index in [1.165, 1.54) is 13.5 Å². The summed E-state index contributed by atoms with van der Waals surface area (Å²) >= 11 is 0. The maximum absolute atomic E-state index is 8.88. The van der Waals surface area contributed by atoms with Crippen LogP contribution in [0.2, 0.25) is 0 Å². The van der Waals surface area contributed by atoms with Crippen molar-refractivity contribution in [3.05, 3.63) is 11.8 Å². The van der Waals surface area contributed by atoms with Gasteiger partial charge in [-0.3, -0.25) is 0 Å². The quantitative estimate of drug-likeness (QED) is 0.143.